The van der Waals surface area contributed by atoms with Crippen molar-refractivity contribution in [3.8, 4) is 11.8 Å². The Balaban J connectivity index is 1.72. The summed E-state index contributed by atoms with van der Waals surface area (Å²) < 4.78 is 5.61. The Morgan fingerprint density at radius 2 is 1.90 bits per heavy atom. The van der Waals surface area contributed by atoms with Crippen molar-refractivity contribution in [3.05, 3.63) is 65.2 Å². The summed E-state index contributed by atoms with van der Waals surface area (Å²) >= 11 is 0. The minimum absolute atomic E-state index is 0.0207. The summed E-state index contributed by atoms with van der Waals surface area (Å²) in [6.07, 6.45) is 0.528. The van der Waals surface area contributed by atoms with Gasteiger partial charge in [-0.15, -0.1) is 0 Å². The summed E-state index contributed by atoms with van der Waals surface area (Å²) in [5.74, 6) is -1.31. The normalized spacial score (nSPS) is 17.2. The highest BCUT2D eigenvalue weighted by Crippen LogP contribution is 2.29. The number of nitrogens with zero attached hydrogens (tertiary/aromatic N) is 2. The number of benzene rings is 2. The minimum atomic E-state index is -1.73. The molecule has 2 unspecified atom stereocenters. The average Bonchev–Trinajstić information content (AvgIpc) is 3.31. The lowest BCUT2D eigenvalue weighted by Gasteiger charge is -2.29. The van der Waals surface area contributed by atoms with Gasteiger partial charge in [0, 0.05) is 18.4 Å². The third-order valence-electron chi connectivity index (χ3n) is 6.17. The highest BCUT2D eigenvalue weighted by atomic mass is 16.7. The highest BCUT2D eigenvalue weighted by molar-refractivity contribution is 6.43. The van der Waals surface area contributed by atoms with E-state index in [0.29, 0.717) is 17.9 Å². The molecule has 206 valence electrons. The first-order chi connectivity index (χ1) is 18.5. The number of nitriles is 1. The lowest BCUT2D eigenvalue weighted by Crippen LogP contribution is -2.56. The van der Waals surface area contributed by atoms with Gasteiger partial charge in [-0.25, -0.2) is 0 Å². The van der Waals surface area contributed by atoms with Crippen LogP contribution in [0.4, 0.5) is 0 Å². The van der Waals surface area contributed by atoms with Crippen molar-refractivity contribution in [3.63, 3.8) is 0 Å². The number of carbonyl (C=O) groups is 2. The molecule has 0 aliphatic carbocycles. The van der Waals surface area contributed by atoms with Crippen molar-refractivity contribution in [2.75, 3.05) is 6.54 Å². The van der Waals surface area contributed by atoms with Gasteiger partial charge in [-0.05, 0) is 49.9 Å². The number of hydrogen-bond donors (Lipinski definition) is 4. The molecule has 0 saturated heterocycles. The number of rotatable bonds is 12. The quantitative estimate of drug-likeness (QED) is 0.305. The van der Waals surface area contributed by atoms with E-state index in [1.165, 1.54) is 6.07 Å². The molecule has 2 amide bonds. The summed E-state index contributed by atoms with van der Waals surface area (Å²) in [7, 11) is -1.73. The second-order valence-corrected chi connectivity index (χ2v) is 10.4. The molecule has 1 aliphatic rings. The van der Waals surface area contributed by atoms with E-state index in [-0.39, 0.29) is 42.5 Å². The molecule has 11 heteroatoms. The summed E-state index contributed by atoms with van der Waals surface area (Å²) in [6, 6.07) is 16.0. The van der Waals surface area contributed by atoms with Crippen LogP contribution in [-0.2, 0) is 16.1 Å². The predicted molar refractivity (Wildman–Crippen MR) is 147 cm³/mol. The van der Waals surface area contributed by atoms with E-state index in [2.05, 4.69) is 15.8 Å². The van der Waals surface area contributed by atoms with Crippen molar-refractivity contribution in [2.24, 2.45) is 11.1 Å². The Morgan fingerprint density at radius 1 is 1.18 bits per heavy atom. The van der Waals surface area contributed by atoms with Crippen molar-refractivity contribution in [2.45, 2.75) is 64.6 Å². The van der Waals surface area contributed by atoms with E-state index < -0.39 is 30.5 Å². The lowest BCUT2D eigenvalue weighted by atomic mass is 9.74. The van der Waals surface area contributed by atoms with Crippen LogP contribution in [0.5, 0.6) is 5.75 Å². The van der Waals surface area contributed by atoms with Crippen molar-refractivity contribution < 1.29 is 29.2 Å². The first-order valence-corrected chi connectivity index (χ1v) is 13.0. The summed E-state index contributed by atoms with van der Waals surface area (Å²) in [4.78, 5) is 32.0. The molecule has 3 rings (SSSR count). The fourth-order valence-corrected chi connectivity index (χ4v) is 4.33. The van der Waals surface area contributed by atoms with E-state index in [4.69, 9.17) is 9.57 Å². The Labute approximate surface area is 229 Å². The lowest BCUT2D eigenvalue weighted by molar-refractivity contribution is -0.144. The zero-order valence-electron chi connectivity index (χ0n) is 22.7. The van der Waals surface area contributed by atoms with Gasteiger partial charge in [-0.3, -0.25) is 9.59 Å². The fraction of sp³-hybridized carbons (Fsp3) is 0.429. The summed E-state index contributed by atoms with van der Waals surface area (Å²) in [5.41, 5.74) is 0.392. The zero-order valence-corrected chi connectivity index (χ0v) is 22.7. The number of nitrogens with one attached hydrogen (secondary N) is 2. The van der Waals surface area contributed by atoms with Crippen LogP contribution in [0, 0.1) is 17.2 Å². The van der Waals surface area contributed by atoms with Crippen LogP contribution >= 0.6 is 0 Å². The van der Waals surface area contributed by atoms with Gasteiger partial charge in [-0.1, -0.05) is 49.3 Å². The molecule has 0 bridgehead atoms. The molecule has 0 fully saturated rings. The second kappa shape index (κ2) is 13.3. The molecule has 2 aromatic carbocycles. The van der Waals surface area contributed by atoms with E-state index >= 15 is 0 Å². The number of carbonyl (C=O) groups excluding carboxylic acids is 2. The summed E-state index contributed by atoms with van der Waals surface area (Å²) in [6.45, 7) is 7.55. The Hall–Kier alpha value is -3.88. The molecular weight excluding hydrogens is 499 g/mol. The Morgan fingerprint density at radius 3 is 2.51 bits per heavy atom. The molecule has 0 radical (unpaired) electrons. The van der Waals surface area contributed by atoms with Crippen LogP contribution in [0.2, 0.25) is 0 Å². The van der Waals surface area contributed by atoms with Crippen LogP contribution in [0.1, 0.15) is 62.0 Å². The molecule has 0 aromatic heterocycles. The summed E-state index contributed by atoms with van der Waals surface area (Å²) in [5, 5.41) is 38.7. The van der Waals surface area contributed by atoms with Crippen LogP contribution in [0.15, 0.2) is 53.7 Å². The maximum Gasteiger partial charge on any atom is 0.475 e. The molecule has 2 aromatic rings. The SMILES string of the molecule is CC(C)CC(NC(=O)C1(Cc2ccccc2)CC(CNC(=O)c2ccc(OC(C)C)c(C#N)c2)=NO1)B(O)O. The fourth-order valence-electron chi connectivity index (χ4n) is 4.33. The van der Waals surface area contributed by atoms with Gasteiger partial charge in [0.05, 0.1) is 29.9 Å². The highest BCUT2D eigenvalue weighted by Gasteiger charge is 2.48. The molecular formula is C28H35BN4O6. The standard InChI is InChI=1S/C28H35BN4O6/c1-18(2)12-25(29(36)37)32-27(35)28(14-20-8-6-5-7-9-20)15-23(33-39-28)17-31-26(34)21-10-11-24(38-19(3)4)22(13-21)16-30/h5-11,13,18-19,25,36-37H,12,14-15,17H2,1-4H3,(H,31,34)(H,32,35). The van der Waals surface area contributed by atoms with E-state index in [9.17, 15) is 24.9 Å². The molecule has 0 saturated carbocycles. The Kier molecular flexibility index (Phi) is 10.1. The van der Waals surface area contributed by atoms with Gasteiger partial charge in [0.2, 0.25) is 5.60 Å². The predicted octanol–water partition coefficient (Wildman–Crippen LogP) is 2.38. The van der Waals surface area contributed by atoms with E-state index in [0.717, 1.165) is 5.56 Å². The number of ether oxygens (including phenoxy) is 1. The molecule has 10 nitrogen and oxygen atoms in total. The van der Waals surface area contributed by atoms with Gasteiger partial charge in [0.25, 0.3) is 11.8 Å². The minimum Gasteiger partial charge on any atom is -0.490 e. The number of amides is 2. The maximum absolute atomic E-state index is 13.5. The average molecular weight is 534 g/mol. The number of hydrogen-bond acceptors (Lipinski definition) is 8. The molecule has 2 atom stereocenters. The third-order valence-corrected chi connectivity index (χ3v) is 6.17. The van der Waals surface area contributed by atoms with Gasteiger partial charge in [0.1, 0.15) is 11.8 Å². The molecule has 39 heavy (non-hydrogen) atoms. The Bertz CT molecular complexity index is 1230. The van der Waals surface area contributed by atoms with Crippen LogP contribution in [0.3, 0.4) is 0 Å². The van der Waals surface area contributed by atoms with Crippen molar-refractivity contribution >= 4 is 24.6 Å². The van der Waals surface area contributed by atoms with Crippen LogP contribution in [-0.4, -0.2) is 58.9 Å². The molecule has 0 spiro atoms. The first-order valence-electron chi connectivity index (χ1n) is 13.0. The molecule has 1 aliphatic heterocycles. The molecule has 4 N–H and O–H groups in total. The van der Waals surface area contributed by atoms with Crippen molar-refractivity contribution in [1.29, 1.82) is 5.26 Å². The van der Waals surface area contributed by atoms with E-state index in [1.807, 2.05) is 64.1 Å². The second-order valence-electron chi connectivity index (χ2n) is 10.4. The third kappa shape index (κ3) is 8.05. The maximum atomic E-state index is 13.5. The van der Waals surface area contributed by atoms with Gasteiger partial charge in [0.15, 0.2) is 0 Å². The van der Waals surface area contributed by atoms with Gasteiger partial charge in [-0.2, -0.15) is 5.26 Å². The zero-order chi connectivity index (χ0) is 28.6. The topological polar surface area (TPSA) is 153 Å². The van der Waals surface area contributed by atoms with E-state index in [1.54, 1.807) is 12.1 Å². The number of oxime groups is 1. The van der Waals surface area contributed by atoms with Crippen molar-refractivity contribution in [1.82, 2.24) is 10.6 Å². The monoisotopic (exact) mass is 534 g/mol. The smallest absolute Gasteiger partial charge is 0.475 e. The van der Waals surface area contributed by atoms with Gasteiger partial charge >= 0.3 is 7.12 Å². The largest absolute Gasteiger partial charge is 0.490 e. The molecule has 1 heterocycles. The van der Waals surface area contributed by atoms with Gasteiger partial charge < -0.3 is 30.3 Å². The van der Waals surface area contributed by atoms with Crippen LogP contribution < -0.4 is 15.4 Å². The van der Waals surface area contributed by atoms with Crippen LogP contribution in [0.25, 0.3) is 0 Å². The first kappa shape index (κ1) is 29.7.